The van der Waals surface area contributed by atoms with Crippen LogP contribution in [0.4, 0.5) is 18.0 Å². The summed E-state index contributed by atoms with van der Waals surface area (Å²) in [6.45, 7) is 0. The molecule has 1 heterocycles. The van der Waals surface area contributed by atoms with Crippen molar-refractivity contribution in [2.45, 2.75) is 41.6 Å². The van der Waals surface area contributed by atoms with E-state index in [-0.39, 0.29) is 17.9 Å². The highest BCUT2D eigenvalue weighted by Crippen LogP contribution is 2.37. The van der Waals surface area contributed by atoms with Gasteiger partial charge in [-0.25, -0.2) is 13.2 Å². The summed E-state index contributed by atoms with van der Waals surface area (Å²) in [7, 11) is -4.25. The molecule has 0 bridgehead atoms. The Bertz CT molecular complexity index is 855. The van der Waals surface area contributed by atoms with Crippen molar-refractivity contribution in [2.24, 2.45) is 5.92 Å². The quantitative estimate of drug-likeness (QED) is 0.749. The molecule has 7 nitrogen and oxygen atoms in total. The van der Waals surface area contributed by atoms with E-state index in [4.69, 9.17) is 0 Å². The van der Waals surface area contributed by atoms with Gasteiger partial charge in [0, 0.05) is 0 Å². The summed E-state index contributed by atoms with van der Waals surface area (Å²) < 4.78 is 64.5. The number of carbonyl (C=O) groups excluding carboxylic acids is 2. The first-order chi connectivity index (χ1) is 12.0. The Kier molecular flexibility index (Phi) is 4.47. The molecule has 2 aliphatic rings. The van der Waals surface area contributed by atoms with Gasteiger partial charge in [0.2, 0.25) is 0 Å². The highest BCUT2D eigenvalue weighted by atomic mass is 32.2. The van der Waals surface area contributed by atoms with E-state index in [0.29, 0.717) is 12.5 Å². The number of rotatable bonds is 2. The Morgan fingerprint density at radius 1 is 1.19 bits per heavy atom. The molecule has 3 rings (SSSR count). The fraction of sp³-hybridized carbons (Fsp3) is 0.467. The van der Waals surface area contributed by atoms with Gasteiger partial charge in [-0.15, -0.1) is 5.06 Å². The molecule has 1 saturated heterocycles. The maximum Gasteiger partial charge on any atom is 0.416 e. The number of urea groups is 1. The third kappa shape index (κ3) is 3.05. The third-order valence-electron chi connectivity index (χ3n) is 4.73. The lowest BCUT2D eigenvalue weighted by atomic mass is 9.82. The number of hydroxylamine groups is 2. The molecular weight excluding hydrogens is 377 g/mol. The Labute approximate surface area is 146 Å². The molecule has 142 valence electrons. The molecule has 1 aromatic rings. The Morgan fingerprint density at radius 2 is 1.88 bits per heavy atom. The molecule has 3 amide bonds. The number of hydrogen-bond donors (Lipinski definition) is 2. The van der Waals surface area contributed by atoms with Crippen LogP contribution in [0.3, 0.4) is 0 Å². The van der Waals surface area contributed by atoms with Crippen LogP contribution < -0.4 is 5.32 Å². The second-order valence-corrected chi connectivity index (χ2v) is 8.44. The molecule has 3 atom stereocenters. The van der Waals surface area contributed by atoms with Crippen molar-refractivity contribution in [3.8, 4) is 0 Å². The van der Waals surface area contributed by atoms with Crippen LogP contribution in [0, 0.1) is 5.92 Å². The molecule has 3 unspecified atom stereocenters. The molecule has 0 radical (unpaired) electrons. The fourth-order valence-corrected chi connectivity index (χ4v) is 5.49. The van der Waals surface area contributed by atoms with E-state index in [1.54, 1.807) is 0 Å². The average Bonchev–Trinajstić information content (AvgIpc) is 2.58. The largest absolute Gasteiger partial charge is 0.416 e. The lowest BCUT2D eigenvalue weighted by Crippen LogP contribution is -2.64. The number of carbonyl (C=O) groups is 2. The normalized spacial score (nSPS) is 27.1. The van der Waals surface area contributed by atoms with Crippen molar-refractivity contribution < 1.29 is 36.4 Å². The minimum absolute atomic E-state index is 0.0821. The Hall–Kier alpha value is -2.14. The van der Waals surface area contributed by atoms with Crippen LogP contribution in [-0.2, 0) is 20.8 Å². The van der Waals surface area contributed by atoms with Gasteiger partial charge in [0.25, 0.3) is 5.91 Å². The molecule has 11 heteroatoms. The number of imide groups is 1. The topological polar surface area (TPSA) is 104 Å². The molecule has 1 aliphatic heterocycles. The van der Waals surface area contributed by atoms with Crippen LogP contribution in [0.25, 0.3) is 0 Å². The first-order valence-corrected chi connectivity index (χ1v) is 9.32. The molecule has 2 N–H and O–H groups in total. The predicted molar refractivity (Wildman–Crippen MR) is 80.7 cm³/mol. The van der Waals surface area contributed by atoms with Crippen molar-refractivity contribution >= 4 is 21.8 Å². The van der Waals surface area contributed by atoms with Gasteiger partial charge >= 0.3 is 12.2 Å². The standard InChI is InChI=1S/C15H15F3N2O5S/c16-15(17,18)8-3-1-4-9(7-8)26(24,25)11-6-2-5-10-12(11)19-14(22)20(23)13(10)21/h1,3-4,7,10-12,23H,2,5-6H2,(H,19,22). The first-order valence-electron chi connectivity index (χ1n) is 7.78. The zero-order valence-electron chi connectivity index (χ0n) is 13.2. The lowest BCUT2D eigenvalue weighted by molar-refractivity contribution is -0.163. The zero-order valence-corrected chi connectivity index (χ0v) is 14.0. The van der Waals surface area contributed by atoms with E-state index in [9.17, 15) is 36.4 Å². The summed E-state index contributed by atoms with van der Waals surface area (Å²) in [6, 6.07) is 1.10. The highest BCUT2D eigenvalue weighted by Gasteiger charge is 2.50. The highest BCUT2D eigenvalue weighted by molar-refractivity contribution is 7.92. The monoisotopic (exact) mass is 392 g/mol. The minimum atomic E-state index is -4.70. The van der Waals surface area contributed by atoms with Gasteiger partial charge in [-0.2, -0.15) is 13.2 Å². The van der Waals surface area contributed by atoms with Gasteiger partial charge in [0.1, 0.15) is 0 Å². The summed E-state index contributed by atoms with van der Waals surface area (Å²) in [5.41, 5.74) is -1.10. The molecule has 1 saturated carbocycles. The molecule has 0 spiro atoms. The van der Waals surface area contributed by atoms with E-state index in [2.05, 4.69) is 5.32 Å². The number of fused-ring (bicyclic) bond motifs is 1. The Balaban J connectivity index is 1.99. The molecule has 1 aliphatic carbocycles. The summed E-state index contributed by atoms with van der Waals surface area (Å²) >= 11 is 0. The number of nitrogens with one attached hydrogen (secondary N) is 1. The smallest absolute Gasteiger partial charge is 0.331 e. The second-order valence-electron chi connectivity index (χ2n) is 6.27. The van der Waals surface area contributed by atoms with E-state index in [1.807, 2.05) is 0 Å². The molecule has 26 heavy (non-hydrogen) atoms. The molecule has 0 aromatic heterocycles. The third-order valence-corrected chi connectivity index (χ3v) is 6.97. The number of hydrogen-bond acceptors (Lipinski definition) is 5. The predicted octanol–water partition coefficient (Wildman–Crippen LogP) is 1.96. The first kappa shape index (κ1) is 18.6. The number of amides is 3. The Morgan fingerprint density at radius 3 is 2.54 bits per heavy atom. The summed E-state index contributed by atoms with van der Waals surface area (Å²) in [5.74, 6) is -1.86. The molecule has 1 aromatic carbocycles. The van der Waals surface area contributed by atoms with Gasteiger partial charge < -0.3 is 5.32 Å². The summed E-state index contributed by atoms with van der Waals surface area (Å²) in [4.78, 5) is 23.2. The summed E-state index contributed by atoms with van der Waals surface area (Å²) in [5, 5.41) is 10.3. The van der Waals surface area contributed by atoms with Crippen molar-refractivity contribution in [1.29, 1.82) is 0 Å². The van der Waals surface area contributed by atoms with Crippen molar-refractivity contribution in [1.82, 2.24) is 10.4 Å². The van der Waals surface area contributed by atoms with Gasteiger partial charge in [-0.1, -0.05) is 12.5 Å². The number of alkyl halides is 3. The average molecular weight is 392 g/mol. The maximum atomic E-state index is 12.9. The lowest BCUT2D eigenvalue weighted by Gasteiger charge is -2.41. The van der Waals surface area contributed by atoms with Crippen LogP contribution in [0.2, 0.25) is 0 Å². The van der Waals surface area contributed by atoms with Crippen molar-refractivity contribution in [3.63, 3.8) is 0 Å². The van der Waals surface area contributed by atoms with Gasteiger partial charge in [-0.3, -0.25) is 10.0 Å². The number of halogens is 3. The number of nitrogens with zero attached hydrogens (tertiary/aromatic N) is 1. The van der Waals surface area contributed by atoms with E-state index in [1.165, 1.54) is 0 Å². The number of benzene rings is 1. The van der Waals surface area contributed by atoms with Crippen LogP contribution in [-0.4, -0.2) is 41.9 Å². The SMILES string of the molecule is O=C1NC2C(CCCC2S(=O)(=O)c2cccc(C(F)(F)F)c2)C(=O)N1O. The molecular formula is C15H15F3N2O5S. The summed E-state index contributed by atoms with van der Waals surface area (Å²) in [6.07, 6.45) is -4.04. The maximum absolute atomic E-state index is 12.9. The van der Waals surface area contributed by atoms with Gasteiger partial charge in [-0.05, 0) is 31.0 Å². The van der Waals surface area contributed by atoms with Gasteiger partial charge in [0.05, 0.1) is 27.7 Å². The van der Waals surface area contributed by atoms with E-state index in [0.717, 1.165) is 18.2 Å². The van der Waals surface area contributed by atoms with Crippen molar-refractivity contribution in [3.05, 3.63) is 29.8 Å². The molecule has 2 fully saturated rings. The van der Waals surface area contributed by atoms with E-state index >= 15 is 0 Å². The van der Waals surface area contributed by atoms with Crippen LogP contribution in [0.15, 0.2) is 29.2 Å². The fourth-order valence-electron chi connectivity index (χ4n) is 3.46. The van der Waals surface area contributed by atoms with Gasteiger partial charge in [0.15, 0.2) is 9.84 Å². The van der Waals surface area contributed by atoms with E-state index < -0.39 is 55.6 Å². The van der Waals surface area contributed by atoms with Crippen molar-refractivity contribution in [2.75, 3.05) is 0 Å². The minimum Gasteiger partial charge on any atom is -0.331 e. The van der Waals surface area contributed by atoms with Crippen LogP contribution in [0.1, 0.15) is 24.8 Å². The van der Waals surface area contributed by atoms with Crippen LogP contribution >= 0.6 is 0 Å². The number of sulfone groups is 1. The van der Waals surface area contributed by atoms with Crippen LogP contribution in [0.5, 0.6) is 0 Å². The second kappa shape index (κ2) is 6.23. The zero-order chi connectivity index (χ0) is 19.3.